The van der Waals surface area contributed by atoms with Gasteiger partial charge in [-0.25, -0.2) is 26.2 Å². The van der Waals surface area contributed by atoms with Gasteiger partial charge in [0.2, 0.25) is 26.0 Å². The highest BCUT2D eigenvalue weighted by atomic mass is 32.2. The van der Waals surface area contributed by atoms with E-state index >= 15 is 0 Å². The maximum absolute atomic E-state index is 13.8. The van der Waals surface area contributed by atoms with Crippen molar-refractivity contribution < 1.29 is 26.0 Å². The number of sulfonamides is 2. The van der Waals surface area contributed by atoms with E-state index in [-0.39, 0.29) is 12.3 Å². The zero-order chi connectivity index (χ0) is 24.1. The van der Waals surface area contributed by atoms with Crippen LogP contribution in [0.5, 0.6) is 0 Å². The number of carbonyl (C=O) groups is 1. The quantitative estimate of drug-likeness (QED) is 0.503. The molecule has 13 heteroatoms. The normalized spacial score (nSPS) is 16.4. The van der Waals surface area contributed by atoms with Gasteiger partial charge in [0.15, 0.2) is 0 Å². The fraction of sp³-hybridized carbons (Fsp3) is 0.400. The van der Waals surface area contributed by atoms with Gasteiger partial charge in [-0.05, 0) is 31.2 Å². The Kier molecular flexibility index (Phi) is 8.00. The summed E-state index contributed by atoms with van der Waals surface area (Å²) in [5.41, 5.74) is 0. The van der Waals surface area contributed by atoms with Crippen molar-refractivity contribution >= 4 is 31.8 Å². The van der Waals surface area contributed by atoms with Crippen LogP contribution in [0.2, 0.25) is 0 Å². The zero-order valence-corrected chi connectivity index (χ0v) is 19.6. The third kappa shape index (κ3) is 6.47. The van der Waals surface area contributed by atoms with E-state index in [1.807, 2.05) is 23.1 Å². The number of hydrogen-bond acceptors (Lipinski definition) is 7. The highest BCUT2D eigenvalue weighted by molar-refractivity contribution is 7.89. The molecule has 2 heterocycles. The number of benzene rings is 1. The van der Waals surface area contributed by atoms with Gasteiger partial charge in [-0.15, -0.1) is 0 Å². The van der Waals surface area contributed by atoms with E-state index in [2.05, 4.69) is 15.0 Å². The largest absolute Gasteiger partial charge is 0.354 e. The Hall–Kier alpha value is -2.61. The van der Waals surface area contributed by atoms with E-state index in [1.54, 1.807) is 6.20 Å². The van der Waals surface area contributed by atoms with Crippen LogP contribution in [0.4, 0.5) is 10.2 Å². The van der Waals surface area contributed by atoms with Gasteiger partial charge in [0.1, 0.15) is 16.5 Å². The molecule has 10 nitrogen and oxygen atoms in total. The molecule has 0 unspecified atom stereocenters. The second-order valence-electron chi connectivity index (χ2n) is 7.45. The Labute approximate surface area is 192 Å². The fourth-order valence-corrected chi connectivity index (χ4v) is 5.95. The molecule has 0 aliphatic carbocycles. The Bertz CT molecular complexity index is 1170. The molecule has 1 aliphatic rings. The fourth-order valence-electron chi connectivity index (χ4n) is 3.33. The van der Waals surface area contributed by atoms with Crippen LogP contribution in [0, 0.1) is 5.82 Å². The third-order valence-corrected chi connectivity index (χ3v) is 8.56. The minimum Gasteiger partial charge on any atom is -0.354 e. The molecule has 0 spiro atoms. The first-order valence-corrected chi connectivity index (χ1v) is 13.4. The average Bonchev–Trinajstić information content (AvgIpc) is 2.79. The van der Waals surface area contributed by atoms with Crippen LogP contribution >= 0.6 is 0 Å². The molecule has 1 aromatic heterocycles. The van der Waals surface area contributed by atoms with E-state index < -0.39 is 42.7 Å². The van der Waals surface area contributed by atoms with Gasteiger partial charge < -0.3 is 10.2 Å². The third-order valence-electron chi connectivity index (χ3n) is 5.12. The number of hydrogen-bond donors (Lipinski definition) is 2. The summed E-state index contributed by atoms with van der Waals surface area (Å²) in [7, 11) is -7.87. The molecule has 1 fully saturated rings. The number of carbonyl (C=O) groups excluding carboxylic acids is 1. The highest BCUT2D eigenvalue weighted by Gasteiger charge is 2.28. The number of anilines is 1. The summed E-state index contributed by atoms with van der Waals surface area (Å²) in [6.45, 7) is 2.69. The Morgan fingerprint density at radius 2 is 1.73 bits per heavy atom. The Balaban J connectivity index is 1.47. The number of piperazine rings is 1. The van der Waals surface area contributed by atoms with Gasteiger partial charge in [-0.1, -0.05) is 18.2 Å². The standard InChI is InChI=1S/C20H26FN5O5S2/c1-16(24-33(30,31)18-7-3-2-6-17(18)21)20(27)23-10-15-32(28,29)26-13-11-25(12-14-26)19-8-4-5-9-22-19/h2-9,16,24H,10-15H2,1H3,(H,23,27)/t16-/m0/s1. The smallest absolute Gasteiger partial charge is 0.244 e. The Morgan fingerprint density at radius 1 is 1.06 bits per heavy atom. The predicted octanol–water partition coefficient (Wildman–Crippen LogP) is 0.156. The van der Waals surface area contributed by atoms with Gasteiger partial charge in [-0.3, -0.25) is 4.79 Å². The van der Waals surface area contributed by atoms with Crippen molar-refractivity contribution in [2.75, 3.05) is 43.4 Å². The van der Waals surface area contributed by atoms with Crippen LogP contribution in [0.1, 0.15) is 6.92 Å². The van der Waals surface area contributed by atoms with Crippen LogP contribution in [0.15, 0.2) is 53.6 Å². The van der Waals surface area contributed by atoms with Gasteiger partial charge >= 0.3 is 0 Å². The van der Waals surface area contributed by atoms with Crippen molar-refractivity contribution in [3.63, 3.8) is 0 Å². The van der Waals surface area contributed by atoms with Crippen LogP contribution in [0.25, 0.3) is 0 Å². The van der Waals surface area contributed by atoms with Crippen LogP contribution < -0.4 is 14.9 Å². The summed E-state index contributed by atoms with van der Waals surface area (Å²) < 4.78 is 67.1. The van der Waals surface area contributed by atoms with Crippen LogP contribution in [-0.4, -0.2) is 76.6 Å². The second-order valence-corrected chi connectivity index (χ2v) is 11.2. The van der Waals surface area contributed by atoms with E-state index in [9.17, 15) is 26.0 Å². The molecule has 33 heavy (non-hydrogen) atoms. The van der Waals surface area contributed by atoms with E-state index in [0.717, 1.165) is 18.0 Å². The molecule has 1 aliphatic heterocycles. The maximum atomic E-state index is 13.8. The van der Waals surface area contributed by atoms with Crippen LogP contribution in [-0.2, 0) is 24.8 Å². The summed E-state index contributed by atoms with van der Waals surface area (Å²) >= 11 is 0. The Morgan fingerprint density at radius 3 is 2.36 bits per heavy atom. The van der Waals surface area contributed by atoms with E-state index in [4.69, 9.17) is 0 Å². The number of amides is 1. The van der Waals surface area contributed by atoms with Gasteiger partial charge in [0, 0.05) is 38.9 Å². The van der Waals surface area contributed by atoms with Gasteiger partial charge in [-0.2, -0.15) is 9.03 Å². The predicted molar refractivity (Wildman–Crippen MR) is 121 cm³/mol. The highest BCUT2D eigenvalue weighted by Crippen LogP contribution is 2.15. The van der Waals surface area contributed by atoms with Crippen molar-refractivity contribution in [2.45, 2.75) is 17.9 Å². The minimum absolute atomic E-state index is 0.187. The molecule has 180 valence electrons. The molecule has 1 amide bonds. The summed E-state index contributed by atoms with van der Waals surface area (Å²) in [4.78, 5) is 17.9. The number of halogens is 1. The number of nitrogens with zero attached hydrogens (tertiary/aromatic N) is 3. The van der Waals surface area contributed by atoms with Crippen LogP contribution in [0.3, 0.4) is 0 Å². The van der Waals surface area contributed by atoms with Gasteiger partial charge in [0.05, 0.1) is 11.8 Å². The topological polar surface area (TPSA) is 129 Å². The number of aromatic nitrogens is 1. The van der Waals surface area contributed by atoms with E-state index in [1.165, 1.54) is 23.4 Å². The molecule has 0 bridgehead atoms. The molecule has 1 saturated heterocycles. The lowest BCUT2D eigenvalue weighted by Gasteiger charge is -2.34. The van der Waals surface area contributed by atoms with Gasteiger partial charge in [0.25, 0.3) is 0 Å². The van der Waals surface area contributed by atoms with Crippen molar-refractivity contribution in [3.05, 3.63) is 54.5 Å². The molecule has 2 aromatic rings. The lowest BCUT2D eigenvalue weighted by atomic mass is 10.3. The number of nitrogens with one attached hydrogen (secondary N) is 2. The molecule has 3 rings (SSSR count). The first kappa shape index (κ1) is 25.0. The van der Waals surface area contributed by atoms with Crippen molar-refractivity contribution in [3.8, 4) is 0 Å². The molecule has 0 saturated carbocycles. The molecule has 1 aromatic carbocycles. The number of pyridine rings is 1. The lowest BCUT2D eigenvalue weighted by molar-refractivity contribution is -0.122. The van der Waals surface area contributed by atoms with Crippen molar-refractivity contribution in [1.82, 2.24) is 19.3 Å². The molecular weight excluding hydrogens is 473 g/mol. The summed E-state index contributed by atoms with van der Waals surface area (Å²) in [6.07, 6.45) is 1.68. The molecular formula is C20H26FN5O5S2. The monoisotopic (exact) mass is 499 g/mol. The van der Waals surface area contributed by atoms with Crippen molar-refractivity contribution in [1.29, 1.82) is 0 Å². The van der Waals surface area contributed by atoms with E-state index in [0.29, 0.717) is 26.2 Å². The molecule has 1 atom stereocenters. The van der Waals surface area contributed by atoms with Crippen molar-refractivity contribution in [2.24, 2.45) is 0 Å². The summed E-state index contributed by atoms with van der Waals surface area (Å²) in [6, 6.07) is 9.12. The average molecular weight is 500 g/mol. The molecule has 0 radical (unpaired) electrons. The maximum Gasteiger partial charge on any atom is 0.244 e. The minimum atomic E-state index is -4.26. The zero-order valence-electron chi connectivity index (χ0n) is 18.0. The molecule has 2 N–H and O–H groups in total. The summed E-state index contributed by atoms with van der Waals surface area (Å²) in [5.74, 6) is -1.19. The SMILES string of the molecule is C[C@H](NS(=O)(=O)c1ccccc1F)C(=O)NCCS(=O)(=O)N1CCN(c2ccccn2)CC1. The number of rotatable bonds is 9. The second kappa shape index (κ2) is 10.5. The first-order valence-electron chi connectivity index (χ1n) is 10.3. The lowest BCUT2D eigenvalue weighted by Crippen LogP contribution is -2.51. The first-order chi connectivity index (χ1) is 15.6. The summed E-state index contributed by atoms with van der Waals surface area (Å²) in [5, 5.41) is 2.42.